The maximum Gasteiger partial charge on any atom is 0.456 e. The lowest BCUT2D eigenvalue weighted by Gasteiger charge is -2.45. The molecule has 1 saturated carbocycles. The van der Waals surface area contributed by atoms with Crippen LogP contribution in [0.15, 0.2) is 35.4 Å². The van der Waals surface area contributed by atoms with Gasteiger partial charge < -0.3 is 15.7 Å². The monoisotopic (exact) mass is 523 g/mol. The van der Waals surface area contributed by atoms with E-state index >= 15 is 0 Å². The number of hydrogen-bond donors (Lipinski definition) is 3. The smallest absolute Gasteiger partial charge is 0.383 e. The number of fused-ring (bicyclic) bond motifs is 3. The number of nitrogens with zero attached hydrogens (tertiary/aromatic N) is 3. The van der Waals surface area contributed by atoms with E-state index in [1.165, 1.54) is 12.4 Å². The van der Waals surface area contributed by atoms with E-state index in [0.717, 1.165) is 10.1 Å². The first-order valence-corrected chi connectivity index (χ1v) is 11.4. The van der Waals surface area contributed by atoms with Gasteiger partial charge in [-0.05, 0) is 62.8 Å². The standard InChI is InChI=1S/C24H22F5N5O3/c1-12-4-3-5-14-16(12)18(31-11-30-14)32-15-10-13(2)17-19(35)33-22(34(17)20(15)36)8-6-21(37,7-9-22)23(25,26)24(27,28)29/h3-5,10-11,37H,6-9H2,1-2H3,(H,33,35)(H,30,31,32). The zero-order chi connectivity index (χ0) is 27.0. The van der Waals surface area contributed by atoms with Crippen molar-refractivity contribution in [1.82, 2.24) is 19.9 Å². The fourth-order valence-corrected chi connectivity index (χ4v) is 5.36. The fourth-order valence-electron chi connectivity index (χ4n) is 5.36. The van der Waals surface area contributed by atoms with E-state index in [2.05, 4.69) is 20.6 Å². The van der Waals surface area contributed by atoms with Crippen molar-refractivity contribution >= 4 is 28.3 Å². The summed E-state index contributed by atoms with van der Waals surface area (Å²) in [7, 11) is 0. The number of aromatic nitrogens is 3. The number of nitrogens with one attached hydrogen (secondary N) is 2. The van der Waals surface area contributed by atoms with Gasteiger partial charge in [-0.1, -0.05) is 12.1 Å². The summed E-state index contributed by atoms with van der Waals surface area (Å²) < 4.78 is 68.3. The first-order chi connectivity index (χ1) is 17.2. The van der Waals surface area contributed by atoms with Crippen LogP contribution in [0.5, 0.6) is 0 Å². The van der Waals surface area contributed by atoms with Gasteiger partial charge in [-0.3, -0.25) is 14.2 Å². The van der Waals surface area contributed by atoms with Crippen molar-refractivity contribution in [2.45, 2.75) is 62.9 Å². The first kappa shape index (κ1) is 25.1. The molecule has 3 heterocycles. The fraction of sp³-hybridized carbons (Fsp3) is 0.417. The zero-order valence-electron chi connectivity index (χ0n) is 19.7. The average Bonchev–Trinajstić information content (AvgIpc) is 3.11. The van der Waals surface area contributed by atoms with Gasteiger partial charge in [-0.25, -0.2) is 9.97 Å². The summed E-state index contributed by atoms with van der Waals surface area (Å²) in [6.45, 7) is 3.42. The Balaban J connectivity index is 1.57. The zero-order valence-corrected chi connectivity index (χ0v) is 19.7. The number of anilines is 2. The average molecular weight is 523 g/mol. The van der Waals surface area contributed by atoms with Crippen molar-refractivity contribution in [3.05, 3.63) is 57.8 Å². The van der Waals surface area contributed by atoms with Crippen LogP contribution in [-0.2, 0) is 5.66 Å². The van der Waals surface area contributed by atoms with Crippen LogP contribution >= 0.6 is 0 Å². The second-order valence-electron chi connectivity index (χ2n) is 9.64. The predicted molar refractivity (Wildman–Crippen MR) is 123 cm³/mol. The molecule has 0 saturated heterocycles. The topological polar surface area (TPSA) is 109 Å². The van der Waals surface area contributed by atoms with E-state index in [0.29, 0.717) is 22.3 Å². The van der Waals surface area contributed by atoms with Crippen molar-refractivity contribution in [3.63, 3.8) is 0 Å². The number of amides is 1. The van der Waals surface area contributed by atoms with Crippen molar-refractivity contribution < 1.29 is 31.9 Å². The van der Waals surface area contributed by atoms with Crippen LogP contribution in [0.4, 0.5) is 33.5 Å². The minimum absolute atomic E-state index is 0.0210. The van der Waals surface area contributed by atoms with Crippen LogP contribution in [-0.4, -0.2) is 43.2 Å². The molecule has 196 valence electrons. The van der Waals surface area contributed by atoms with Gasteiger partial charge in [-0.15, -0.1) is 0 Å². The summed E-state index contributed by atoms with van der Waals surface area (Å²) in [6.07, 6.45) is -7.63. The molecule has 3 N–H and O–H groups in total. The number of pyridine rings is 1. The maximum atomic E-state index is 14.1. The molecule has 1 amide bonds. The Morgan fingerprint density at radius 3 is 2.35 bits per heavy atom. The van der Waals surface area contributed by atoms with Crippen molar-refractivity contribution in [3.8, 4) is 0 Å². The predicted octanol–water partition coefficient (Wildman–Crippen LogP) is 4.05. The molecule has 2 aliphatic rings. The number of hydrogen-bond acceptors (Lipinski definition) is 6. The minimum atomic E-state index is -5.95. The normalized spacial score (nSPS) is 23.8. The molecule has 37 heavy (non-hydrogen) atoms. The van der Waals surface area contributed by atoms with Gasteiger partial charge in [0.05, 0.1) is 5.52 Å². The van der Waals surface area contributed by atoms with E-state index in [-0.39, 0.29) is 11.4 Å². The second kappa shape index (κ2) is 7.94. The Morgan fingerprint density at radius 2 is 1.70 bits per heavy atom. The molecule has 0 atom stereocenters. The van der Waals surface area contributed by atoms with Gasteiger partial charge >= 0.3 is 12.1 Å². The van der Waals surface area contributed by atoms with Crippen molar-refractivity contribution in [1.29, 1.82) is 0 Å². The van der Waals surface area contributed by atoms with E-state index < -0.39 is 60.5 Å². The Hall–Kier alpha value is -3.61. The highest BCUT2D eigenvalue weighted by molar-refractivity contribution is 5.97. The van der Waals surface area contributed by atoms with Gasteiger partial charge in [0.2, 0.25) is 0 Å². The lowest BCUT2D eigenvalue weighted by molar-refractivity contribution is -0.349. The van der Waals surface area contributed by atoms with Gasteiger partial charge in [0.25, 0.3) is 11.5 Å². The maximum absolute atomic E-state index is 14.1. The first-order valence-electron chi connectivity index (χ1n) is 11.4. The molecule has 5 rings (SSSR count). The number of alkyl halides is 5. The molecule has 0 radical (unpaired) electrons. The van der Waals surface area contributed by atoms with Gasteiger partial charge in [0, 0.05) is 5.39 Å². The van der Waals surface area contributed by atoms with E-state index in [4.69, 9.17) is 0 Å². The summed E-state index contributed by atoms with van der Waals surface area (Å²) in [5.41, 5.74) is -3.76. The highest BCUT2D eigenvalue weighted by atomic mass is 19.4. The van der Waals surface area contributed by atoms with E-state index in [1.807, 2.05) is 19.1 Å². The molecule has 8 nitrogen and oxygen atoms in total. The molecule has 0 unspecified atom stereocenters. The molecule has 3 aromatic rings. The largest absolute Gasteiger partial charge is 0.456 e. The van der Waals surface area contributed by atoms with E-state index in [9.17, 15) is 36.6 Å². The van der Waals surface area contributed by atoms with Gasteiger partial charge in [0.15, 0.2) is 0 Å². The number of halogens is 5. The number of rotatable bonds is 3. The number of aryl methyl sites for hydroxylation is 2. The van der Waals surface area contributed by atoms with Gasteiger partial charge in [-0.2, -0.15) is 22.0 Å². The Morgan fingerprint density at radius 1 is 1.03 bits per heavy atom. The molecular weight excluding hydrogens is 501 g/mol. The summed E-state index contributed by atoms with van der Waals surface area (Å²) in [5.74, 6) is -5.68. The lowest BCUT2D eigenvalue weighted by atomic mass is 9.74. The third kappa shape index (κ3) is 3.58. The molecule has 0 bridgehead atoms. The second-order valence-corrected chi connectivity index (χ2v) is 9.64. The van der Waals surface area contributed by atoms with Crippen LogP contribution in [0.2, 0.25) is 0 Å². The summed E-state index contributed by atoms with van der Waals surface area (Å²) in [4.78, 5) is 34.9. The molecular formula is C24H22F5N5O3. The quantitative estimate of drug-likeness (QED) is 0.447. The summed E-state index contributed by atoms with van der Waals surface area (Å²) in [5, 5.41) is 16.5. The van der Waals surface area contributed by atoms with Crippen LogP contribution in [0.1, 0.15) is 47.3 Å². The van der Waals surface area contributed by atoms with Crippen LogP contribution < -0.4 is 16.2 Å². The van der Waals surface area contributed by atoms with Gasteiger partial charge in [0.1, 0.15) is 34.8 Å². The lowest BCUT2D eigenvalue weighted by Crippen LogP contribution is -2.62. The van der Waals surface area contributed by atoms with Crippen molar-refractivity contribution in [2.75, 3.05) is 5.32 Å². The number of benzene rings is 1. The van der Waals surface area contributed by atoms with Crippen LogP contribution in [0.25, 0.3) is 10.9 Å². The molecule has 1 aromatic carbocycles. The number of carbonyl (C=O) groups is 1. The Kier molecular flexibility index (Phi) is 5.38. The SMILES string of the molecule is Cc1cc(Nc2ncnc3cccc(C)c23)c(=O)n2c1C(=O)NC21CCC(O)(C(F)(F)C(F)(F)F)CC1. The van der Waals surface area contributed by atoms with Crippen molar-refractivity contribution in [2.24, 2.45) is 0 Å². The van der Waals surface area contributed by atoms with Crippen LogP contribution in [0.3, 0.4) is 0 Å². The molecule has 13 heteroatoms. The van der Waals surface area contributed by atoms with E-state index in [1.54, 1.807) is 13.0 Å². The molecule has 1 fully saturated rings. The Bertz CT molecular complexity index is 1490. The molecule has 2 aromatic heterocycles. The summed E-state index contributed by atoms with van der Waals surface area (Å²) in [6, 6.07) is 6.88. The summed E-state index contributed by atoms with van der Waals surface area (Å²) >= 11 is 0. The Labute approximate surface area is 206 Å². The third-order valence-electron chi connectivity index (χ3n) is 7.35. The number of carbonyl (C=O) groups excluding carboxylic acids is 1. The molecule has 1 aliphatic carbocycles. The molecule has 1 spiro atoms. The minimum Gasteiger partial charge on any atom is -0.383 e. The van der Waals surface area contributed by atoms with Crippen LogP contribution in [0, 0.1) is 13.8 Å². The highest BCUT2D eigenvalue weighted by Gasteiger charge is 2.71. The highest BCUT2D eigenvalue weighted by Crippen LogP contribution is 2.52. The number of aliphatic hydroxyl groups is 1. The third-order valence-corrected chi connectivity index (χ3v) is 7.35. The molecule has 1 aliphatic heterocycles.